The first-order chi connectivity index (χ1) is 12.1. The fourth-order valence-electron chi connectivity index (χ4n) is 2.92. The van der Waals surface area contributed by atoms with E-state index in [0.717, 1.165) is 18.0 Å². The van der Waals surface area contributed by atoms with Crippen LogP contribution in [-0.2, 0) is 16.4 Å². The van der Waals surface area contributed by atoms with Gasteiger partial charge < -0.3 is 4.90 Å². The van der Waals surface area contributed by atoms with Crippen molar-refractivity contribution in [3.05, 3.63) is 84.4 Å². The van der Waals surface area contributed by atoms with Crippen molar-refractivity contribution in [2.45, 2.75) is 21.2 Å². The zero-order valence-corrected chi connectivity index (χ0v) is 15.1. The number of anilines is 1. The van der Waals surface area contributed by atoms with Crippen LogP contribution in [0.3, 0.4) is 0 Å². The SMILES string of the molecule is O=S(=O)(c1ccccc1)c1ccc(CN2CSc3ccccc32)cc1. The summed E-state index contributed by atoms with van der Waals surface area (Å²) >= 11 is 1.83. The number of benzene rings is 3. The molecule has 0 unspecified atom stereocenters. The normalized spacial score (nSPS) is 13.7. The molecule has 0 aromatic heterocycles. The van der Waals surface area contributed by atoms with E-state index in [-0.39, 0.29) is 0 Å². The summed E-state index contributed by atoms with van der Waals surface area (Å²) in [4.78, 5) is 4.26. The third-order valence-electron chi connectivity index (χ3n) is 4.24. The van der Waals surface area contributed by atoms with E-state index in [1.54, 1.807) is 36.4 Å². The van der Waals surface area contributed by atoms with Crippen molar-refractivity contribution >= 4 is 27.3 Å². The molecule has 0 saturated heterocycles. The molecule has 126 valence electrons. The molecule has 0 aliphatic carbocycles. The third-order valence-corrected chi connectivity index (χ3v) is 7.12. The van der Waals surface area contributed by atoms with E-state index in [1.807, 2.05) is 36.0 Å². The van der Waals surface area contributed by atoms with E-state index >= 15 is 0 Å². The summed E-state index contributed by atoms with van der Waals surface area (Å²) in [6.07, 6.45) is 0. The van der Waals surface area contributed by atoms with Gasteiger partial charge in [-0.1, -0.05) is 42.5 Å². The molecule has 1 aliphatic rings. The predicted molar refractivity (Wildman–Crippen MR) is 102 cm³/mol. The van der Waals surface area contributed by atoms with Crippen LogP contribution in [0.5, 0.6) is 0 Å². The fraction of sp³-hybridized carbons (Fsp3) is 0.100. The lowest BCUT2D eigenvalue weighted by Crippen LogP contribution is -2.18. The van der Waals surface area contributed by atoms with Crippen LogP contribution in [0.1, 0.15) is 5.56 Å². The molecule has 0 radical (unpaired) electrons. The molecule has 4 rings (SSSR count). The minimum Gasteiger partial charge on any atom is -0.357 e. The molecule has 0 bridgehead atoms. The maximum atomic E-state index is 12.6. The highest BCUT2D eigenvalue weighted by Crippen LogP contribution is 2.38. The Bertz CT molecular complexity index is 984. The van der Waals surface area contributed by atoms with Gasteiger partial charge in [-0.25, -0.2) is 8.42 Å². The molecule has 1 aliphatic heterocycles. The second kappa shape index (κ2) is 6.58. The molecule has 0 amide bonds. The van der Waals surface area contributed by atoms with Gasteiger partial charge in [0, 0.05) is 11.4 Å². The van der Waals surface area contributed by atoms with Gasteiger partial charge in [0.2, 0.25) is 9.84 Å². The Labute approximate surface area is 152 Å². The van der Waals surface area contributed by atoms with Gasteiger partial charge in [0.25, 0.3) is 0 Å². The number of sulfone groups is 1. The number of rotatable bonds is 4. The summed E-state index contributed by atoms with van der Waals surface area (Å²) in [5.41, 5.74) is 2.35. The van der Waals surface area contributed by atoms with Gasteiger partial charge in [0.1, 0.15) is 0 Å². The number of hydrogen-bond donors (Lipinski definition) is 0. The second-order valence-electron chi connectivity index (χ2n) is 5.90. The molecular weight excluding hydrogens is 350 g/mol. The minimum atomic E-state index is -3.45. The van der Waals surface area contributed by atoms with Crippen molar-refractivity contribution < 1.29 is 8.42 Å². The maximum Gasteiger partial charge on any atom is 0.206 e. The molecule has 3 nitrogen and oxygen atoms in total. The van der Waals surface area contributed by atoms with Crippen LogP contribution in [0.4, 0.5) is 5.69 Å². The van der Waals surface area contributed by atoms with E-state index in [4.69, 9.17) is 0 Å². The lowest BCUT2D eigenvalue weighted by molar-refractivity contribution is 0.596. The topological polar surface area (TPSA) is 37.4 Å². The van der Waals surface area contributed by atoms with Gasteiger partial charge >= 0.3 is 0 Å². The number of hydrogen-bond acceptors (Lipinski definition) is 4. The Hall–Kier alpha value is -2.24. The first-order valence-corrected chi connectivity index (χ1v) is 10.5. The van der Waals surface area contributed by atoms with Crippen molar-refractivity contribution in [2.75, 3.05) is 10.8 Å². The zero-order valence-electron chi connectivity index (χ0n) is 13.5. The number of nitrogens with zero attached hydrogens (tertiary/aromatic N) is 1. The standard InChI is InChI=1S/C20H17NO2S2/c22-25(23,17-6-2-1-3-7-17)18-12-10-16(11-13-18)14-21-15-24-20-9-5-4-8-19(20)21/h1-13H,14-15H2. The third kappa shape index (κ3) is 3.17. The summed E-state index contributed by atoms with van der Waals surface area (Å²) in [6, 6.07) is 24.1. The van der Waals surface area contributed by atoms with Crippen molar-refractivity contribution in [2.24, 2.45) is 0 Å². The fourth-order valence-corrected chi connectivity index (χ4v) is 5.25. The molecule has 1 heterocycles. The minimum absolute atomic E-state index is 0.327. The molecule has 0 saturated carbocycles. The highest BCUT2D eigenvalue weighted by molar-refractivity contribution is 7.99. The number of fused-ring (bicyclic) bond motifs is 1. The van der Waals surface area contributed by atoms with E-state index < -0.39 is 9.84 Å². The Balaban J connectivity index is 1.55. The predicted octanol–water partition coefficient (Wildman–Crippen LogP) is 4.59. The van der Waals surface area contributed by atoms with Gasteiger partial charge in [-0.2, -0.15) is 0 Å². The summed E-state index contributed by atoms with van der Waals surface area (Å²) in [5.74, 6) is 0.920. The van der Waals surface area contributed by atoms with Crippen molar-refractivity contribution in [1.29, 1.82) is 0 Å². The molecule has 5 heteroatoms. The van der Waals surface area contributed by atoms with Crippen LogP contribution in [0.2, 0.25) is 0 Å². The number of thioether (sulfide) groups is 1. The van der Waals surface area contributed by atoms with E-state index in [2.05, 4.69) is 23.1 Å². The van der Waals surface area contributed by atoms with Crippen LogP contribution in [0.15, 0.2) is 93.5 Å². The average Bonchev–Trinajstić information content (AvgIpc) is 3.06. The van der Waals surface area contributed by atoms with Gasteiger partial charge in [0.05, 0.1) is 21.4 Å². The van der Waals surface area contributed by atoms with Gasteiger partial charge in [0.15, 0.2) is 0 Å². The molecule has 0 N–H and O–H groups in total. The lowest BCUT2D eigenvalue weighted by Gasteiger charge is -2.18. The molecule has 3 aromatic carbocycles. The average molecular weight is 367 g/mol. The van der Waals surface area contributed by atoms with E-state index in [1.165, 1.54) is 10.6 Å². The smallest absolute Gasteiger partial charge is 0.206 e. The van der Waals surface area contributed by atoms with Crippen molar-refractivity contribution in [1.82, 2.24) is 0 Å². The maximum absolute atomic E-state index is 12.6. The monoisotopic (exact) mass is 367 g/mol. The Kier molecular flexibility index (Phi) is 4.27. The van der Waals surface area contributed by atoms with Crippen molar-refractivity contribution in [3.63, 3.8) is 0 Å². The van der Waals surface area contributed by atoms with E-state index in [9.17, 15) is 8.42 Å². The van der Waals surface area contributed by atoms with Crippen LogP contribution in [0.25, 0.3) is 0 Å². The quantitative estimate of drug-likeness (QED) is 0.676. The van der Waals surface area contributed by atoms with Crippen LogP contribution in [0, 0.1) is 0 Å². The second-order valence-corrected chi connectivity index (χ2v) is 8.84. The summed E-state index contributed by atoms with van der Waals surface area (Å²) < 4.78 is 25.3. The Morgan fingerprint density at radius 2 is 1.44 bits per heavy atom. The Morgan fingerprint density at radius 1 is 0.800 bits per heavy atom. The molecule has 0 spiro atoms. The molecule has 3 aromatic rings. The molecule has 0 atom stereocenters. The molecular formula is C20H17NO2S2. The summed E-state index contributed by atoms with van der Waals surface area (Å²) in [5, 5.41) is 0. The van der Waals surface area contributed by atoms with Crippen LogP contribution < -0.4 is 4.90 Å². The summed E-state index contributed by atoms with van der Waals surface area (Å²) in [6.45, 7) is 0.773. The Morgan fingerprint density at radius 3 is 2.20 bits per heavy atom. The first kappa shape index (κ1) is 16.2. The van der Waals surface area contributed by atoms with Crippen molar-refractivity contribution in [3.8, 4) is 0 Å². The van der Waals surface area contributed by atoms with Crippen LogP contribution in [-0.4, -0.2) is 14.3 Å². The summed E-state index contributed by atoms with van der Waals surface area (Å²) in [7, 11) is -3.45. The van der Waals surface area contributed by atoms with Crippen LogP contribution >= 0.6 is 11.8 Å². The molecule has 25 heavy (non-hydrogen) atoms. The number of para-hydroxylation sites is 1. The zero-order chi connectivity index (χ0) is 17.3. The van der Waals surface area contributed by atoms with Gasteiger partial charge in [-0.05, 0) is 42.0 Å². The lowest BCUT2D eigenvalue weighted by atomic mass is 10.2. The van der Waals surface area contributed by atoms with Gasteiger partial charge in [-0.3, -0.25) is 0 Å². The highest BCUT2D eigenvalue weighted by atomic mass is 32.2. The first-order valence-electron chi connectivity index (χ1n) is 8.00. The highest BCUT2D eigenvalue weighted by Gasteiger charge is 2.20. The van der Waals surface area contributed by atoms with E-state index in [0.29, 0.717) is 9.79 Å². The molecule has 0 fully saturated rings. The largest absolute Gasteiger partial charge is 0.357 e. The van der Waals surface area contributed by atoms with Gasteiger partial charge in [-0.15, -0.1) is 11.8 Å².